The quantitative estimate of drug-likeness (QED) is 0.453. The van der Waals surface area contributed by atoms with Crippen LogP contribution < -0.4 is 0 Å². The third-order valence-corrected chi connectivity index (χ3v) is 7.17. The van der Waals surface area contributed by atoms with Crippen molar-refractivity contribution >= 4 is 23.6 Å². The van der Waals surface area contributed by atoms with E-state index in [9.17, 15) is 19.2 Å². The van der Waals surface area contributed by atoms with Crippen LogP contribution in [0.1, 0.15) is 0 Å². The van der Waals surface area contributed by atoms with E-state index in [1.165, 1.54) is 0 Å². The number of hydrogen-bond acceptors (Lipinski definition) is 6. The van der Waals surface area contributed by atoms with Crippen LogP contribution in [0.3, 0.4) is 0 Å². The summed E-state index contributed by atoms with van der Waals surface area (Å²) in [7, 11) is 0. The van der Waals surface area contributed by atoms with Gasteiger partial charge in [-0.2, -0.15) is 0 Å². The number of likely N-dealkylation sites (tertiary alicyclic amines) is 2. The molecule has 0 spiro atoms. The molecule has 2 unspecified atom stereocenters. The molecule has 6 rings (SSSR count). The first-order valence-corrected chi connectivity index (χ1v) is 9.13. The fourth-order valence-corrected chi connectivity index (χ4v) is 6.37. The van der Waals surface area contributed by atoms with Crippen LogP contribution in [-0.4, -0.2) is 69.9 Å². The summed E-state index contributed by atoms with van der Waals surface area (Å²) in [6, 6.07) is 0. The van der Waals surface area contributed by atoms with Crippen LogP contribution in [0, 0.1) is 47.3 Å². The zero-order chi connectivity index (χ0) is 18.3. The van der Waals surface area contributed by atoms with E-state index in [2.05, 4.69) is 0 Å². The summed E-state index contributed by atoms with van der Waals surface area (Å²) < 4.78 is 0. The summed E-state index contributed by atoms with van der Waals surface area (Å²) in [5, 5.41) is 18.3. The van der Waals surface area contributed by atoms with E-state index < -0.39 is 23.7 Å². The Morgan fingerprint density at radius 2 is 1.00 bits per heavy atom. The third kappa shape index (κ3) is 1.63. The Balaban J connectivity index is 1.51. The van der Waals surface area contributed by atoms with Crippen molar-refractivity contribution in [3.63, 3.8) is 0 Å². The first-order valence-electron chi connectivity index (χ1n) is 9.13. The first-order chi connectivity index (χ1) is 12.5. The Labute approximate surface area is 149 Å². The lowest BCUT2D eigenvalue weighted by atomic mass is 9.40. The molecule has 6 aliphatic rings. The van der Waals surface area contributed by atoms with Crippen LogP contribution in [0.4, 0.5) is 0 Å². The SMILES string of the molecule is O=C1[C@@H]2[C@H]3C=CC(C4[C@H]3[C@H]3C(=O)N(CCO)C(=O)[C@H]43)[C@H]2C(=O)N1CCO. The number of nitrogens with zero attached hydrogens (tertiary/aromatic N) is 2. The third-order valence-electron chi connectivity index (χ3n) is 7.17. The summed E-state index contributed by atoms with van der Waals surface area (Å²) in [6.45, 7) is -0.545. The number of allylic oxidation sites excluding steroid dienone is 2. The molecule has 4 amide bonds. The zero-order valence-electron chi connectivity index (χ0n) is 14.0. The molecule has 4 fully saturated rings. The van der Waals surface area contributed by atoms with Gasteiger partial charge < -0.3 is 10.2 Å². The van der Waals surface area contributed by atoms with Crippen molar-refractivity contribution in [3.8, 4) is 0 Å². The summed E-state index contributed by atoms with van der Waals surface area (Å²) in [5.41, 5.74) is 0. The van der Waals surface area contributed by atoms with E-state index in [4.69, 9.17) is 10.2 Å². The molecule has 2 aliphatic heterocycles. The maximum absolute atomic E-state index is 12.8. The van der Waals surface area contributed by atoms with Gasteiger partial charge in [-0.25, -0.2) is 0 Å². The first kappa shape index (κ1) is 16.1. The Hall–Kier alpha value is -2.06. The van der Waals surface area contributed by atoms with Gasteiger partial charge in [-0.05, 0) is 23.7 Å². The van der Waals surface area contributed by atoms with E-state index in [1.807, 2.05) is 12.2 Å². The highest BCUT2D eigenvalue weighted by Crippen LogP contribution is 2.68. The Bertz CT molecular complexity index is 707. The molecule has 2 saturated heterocycles. The predicted molar refractivity (Wildman–Crippen MR) is 84.7 cm³/mol. The smallest absolute Gasteiger partial charge is 0.233 e. The van der Waals surface area contributed by atoms with Gasteiger partial charge in [0.2, 0.25) is 23.6 Å². The van der Waals surface area contributed by atoms with E-state index >= 15 is 0 Å². The molecule has 8 nitrogen and oxygen atoms in total. The van der Waals surface area contributed by atoms with Crippen molar-refractivity contribution in [2.75, 3.05) is 26.3 Å². The van der Waals surface area contributed by atoms with Crippen LogP contribution in [0.5, 0.6) is 0 Å². The minimum Gasteiger partial charge on any atom is -0.395 e. The monoisotopic (exact) mass is 360 g/mol. The Morgan fingerprint density at radius 3 is 1.35 bits per heavy atom. The molecule has 138 valence electrons. The maximum Gasteiger partial charge on any atom is 0.233 e. The largest absolute Gasteiger partial charge is 0.395 e. The lowest BCUT2D eigenvalue weighted by Gasteiger charge is -2.60. The molecule has 2 heterocycles. The molecular weight excluding hydrogens is 340 g/mol. The number of aliphatic hydroxyl groups is 2. The fraction of sp³-hybridized carbons (Fsp3) is 0.667. The van der Waals surface area contributed by atoms with Crippen molar-refractivity contribution in [3.05, 3.63) is 12.2 Å². The van der Waals surface area contributed by atoms with Crippen molar-refractivity contribution in [1.29, 1.82) is 0 Å². The minimum atomic E-state index is -0.485. The molecule has 26 heavy (non-hydrogen) atoms. The van der Waals surface area contributed by atoms with Gasteiger partial charge in [0.05, 0.1) is 50.0 Å². The molecule has 0 aromatic carbocycles. The van der Waals surface area contributed by atoms with Gasteiger partial charge in [-0.3, -0.25) is 29.0 Å². The highest BCUT2D eigenvalue weighted by Gasteiger charge is 2.74. The molecule has 2 bridgehead atoms. The molecule has 2 N–H and O–H groups in total. The van der Waals surface area contributed by atoms with Crippen molar-refractivity contribution in [2.24, 2.45) is 47.3 Å². The summed E-state index contributed by atoms with van der Waals surface area (Å²) >= 11 is 0. The number of carbonyl (C=O) groups is 4. The molecular formula is C18H20N2O6. The van der Waals surface area contributed by atoms with Crippen LogP contribution >= 0.6 is 0 Å². The van der Waals surface area contributed by atoms with Crippen LogP contribution in [-0.2, 0) is 19.2 Å². The average Bonchev–Trinajstić information content (AvgIpc) is 2.97. The number of imide groups is 2. The van der Waals surface area contributed by atoms with Gasteiger partial charge in [0.15, 0.2) is 0 Å². The highest BCUT2D eigenvalue weighted by atomic mass is 16.3. The van der Waals surface area contributed by atoms with Crippen molar-refractivity contribution in [1.82, 2.24) is 9.80 Å². The second kappa shape index (κ2) is 5.23. The van der Waals surface area contributed by atoms with E-state index in [0.29, 0.717) is 0 Å². The number of hydrogen-bond donors (Lipinski definition) is 2. The molecule has 4 aliphatic carbocycles. The second-order valence-electron chi connectivity index (χ2n) is 7.90. The van der Waals surface area contributed by atoms with Gasteiger partial charge in [-0.15, -0.1) is 0 Å². The topological polar surface area (TPSA) is 115 Å². The lowest BCUT2D eigenvalue weighted by molar-refractivity contribution is -0.166. The molecule has 0 aromatic heterocycles. The summed E-state index contributed by atoms with van der Waals surface area (Å²) in [4.78, 5) is 53.2. The molecule has 8 heteroatoms. The number of fused-ring (bicyclic) bond motifs is 1. The molecule has 2 saturated carbocycles. The number of rotatable bonds is 4. The molecule has 8 atom stereocenters. The Morgan fingerprint density at radius 1 is 0.654 bits per heavy atom. The van der Waals surface area contributed by atoms with Gasteiger partial charge in [0, 0.05) is 0 Å². The van der Waals surface area contributed by atoms with Gasteiger partial charge >= 0.3 is 0 Å². The minimum absolute atomic E-state index is 0.00185. The van der Waals surface area contributed by atoms with Crippen LogP contribution in [0.25, 0.3) is 0 Å². The fourth-order valence-electron chi connectivity index (χ4n) is 6.37. The zero-order valence-corrected chi connectivity index (χ0v) is 14.0. The number of β-amino-alcohol motifs (C(OH)–C–C–N with tert-alkyl or cyclic N) is 2. The van der Waals surface area contributed by atoms with Gasteiger partial charge in [0.1, 0.15) is 0 Å². The van der Waals surface area contributed by atoms with E-state index in [-0.39, 0.29) is 73.6 Å². The summed E-state index contributed by atoms with van der Waals surface area (Å²) in [5.74, 6) is -3.51. The van der Waals surface area contributed by atoms with Crippen molar-refractivity contribution in [2.45, 2.75) is 0 Å². The lowest BCUT2D eigenvalue weighted by Crippen LogP contribution is -2.63. The second-order valence-corrected chi connectivity index (χ2v) is 7.90. The number of aliphatic hydroxyl groups excluding tert-OH is 2. The summed E-state index contributed by atoms with van der Waals surface area (Å²) in [6.07, 6.45) is 3.90. The maximum atomic E-state index is 12.8. The standard InChI is InChI=1S/C18H20N2O6/c21-5-3-19-15(23)11-7-1-2-8(12(11)16(19)24)10-9(7)13-14(10)18(26)20(4-6-22)17(13)25/h1-2,7-14,21-22H,3-6H2/t7-,8?,9-,10?,11+,12+,13+,14+/m0/s1. The van der Waals surface area contributed by atoms with E-state index in [0.717, 1.165) is 9.80 Å². The van der Waals surface area contributed by atoms with E-state index in [1.54, 1.807) is 0 Å². The van der Waals surface area contributed by atoms with Crippen molar-refractivity contribution < 1.29 is 29.4 Å². The number of carbonyl (C=O) groups excluding carboxylic acids is 4. The highest BCUT2D eigenvalue weighted by molar-refractivity contribution is 6.09. The predicted octanol–water partition coefficient (Wildman–Crippen LogP) is -1.76. The number of amides is 4. The van der Waals surface area contributed by atoms with Gasteiger partial charge in [0.25, 0.3) is 0 Å². The normalized spacial score (nSPS) is 45.2. The average molecular weight is 360 g/mol. The molecule has 0 aromatic rings. The molecule has 0 radical (unpaired) electrons. The van der Waals surface area contributed by atoms with Crippen LogP contribution in [0.15, 0.2) is 12.2 Å². The van der Waals surface area contributed by atoms with Crippen LogP contribution in [0.2, 0.25) is 0 Å². The van der Waals surface area contributed by atoms with Gasteiger partial charge in [-0.1, -0.05) is 12.2 Å². The Kier molecular flexibility index (Phi) is 3.25.